The Balaban J connectivity index is 1.87. The maximum Gasteiger partial charge on any atom is 0.228 e. The van der Waals surface area contributed by atoms with E-state index in [4.69, 9.17) is 9.84 Å². The van der Waals surface area contributed by atoms with E-state index in [9.17, 15) is 0 Å². The normalized spacial score (nSPS) is 16.7. The lowest BCUT2D eigenvalue weighted by Gasteiger charge is -2.36. The van der Waals surface area contributed by atoms with Gasteiger partial charge in [-0.1, -0.05) is 0 Å². The number of methoxy groups -OCH3 is 1. The summed E-state index contributed by atoms with van der Waals surface area (Å²) in [4.78, 5) is 13.3. The molecule has 1 aliphatic heterocycles. The highest BCUT2D eigenvalue weighted by molar-refractivity contribution is 5.32. The molecule has 2 heterocycles. The summed E-state index contributed by atoms with van der Waals surface area (Å²) in [5.74, 6) is 1.36. The van der Waals surface area contributed by atoms with Crippen molar-refractivity contribution < 1.29 is 9.84 Å². The molecule has 0 aliphatic carbocycles. The van der Waals surface area contributed by atoms with Crippen molar-refractivity contribution in [3.05, 3.63) is 12.3 Å². The molecule has 0 atom stereocenters. The Morgan fingerprint density at radius 1 is 1.45 bits per heavy atom. The van der Waals surface area contributed by atoms with Crippen molar-refractivity contribution in [1.82, 2.24) is 14.9 Å². The minimum absolute atomic E-state index is 0.265. The Hall–Kier alpha value is -1.40. The first-order valence-electron chi connectivity index (χ1n) is 7.17. The number of piperidine rings is 1. The summed E-state index contributed by atoms with van der Waals surface area (Å²) >= 11 is 0. The molecule has 0 aromatic carbocycles. The van der Waals surface area contributed by atoms with Crippen LogP contribution in [0.3, 0.4) is 0 Å². The van der Waals surface area contributed by atoms with E-state index in [2.05, 4.69) is 26.8 Å². The van der Waals surface area contributed by atoms with Crippen molar-refractivity contribution in [1.29, 1.82) is 0 Å². The summed E-state index contributed by atoms with van der Waals surface area (Å²) < 4.78 is 5.14. The average Bonchev–Trinajstić information content (AvgIpc) is 2.52. The molecule has 112 valence electrons. The van der Waals surface area contributed by atoms with E-state index in [-0.39, 0.29) is 6.61 Å². The molecule has 0 saturated carbocycles. The third kappa shape index (κ3) is 3.80. The van der Waals surface area contributed by atoms with Gasteiger partial charge in [0.1, 0.15) is 0 Å². The standard InChI is InChI=1S/C14H24N4O2/c1-17(8-3-11-19)12-5-9-18(10-6-12)14-15-7-4-13(16-14)20-2/h4,7,12,19H,3,5-6,8-11H2,1-2H3. The molecule has 1 aromatic rings. The lowest BCUT2D eigenvalue weighted by Crippen LogP contribution is -2.44. The van der Waals surface area contributed by atoms with Crippen LogP contribution in [0.2, 0.25) is 0 Å². The monoisotopic (exact) mass is 280 g/mol. The number of ether oxygens (including phenoxy) is 1. The second-order valence-electron chi connectivity index (χ2n) is 5.17. The summed E-state index contributed by atoms with van der Waals surface area (Å²) in [6, 6.07) is 2.35. The van der Waals surface area contributed by atoms with Crippen LogP contribution in [0.25, 0.3) is 0 Å². The van der Waals surface area contributed by atoms with Crippen LogP contribution in [0.1, 0.15) is 19.3 Å². The van der Waals surface area contributed by atoms with Gasteiger partial charge in [0, 0.05) is 44.5 Å². The second kappa shape index (κ2) is 7.40. The number of nitrogens with zero attached hydrogens (tertiary/aromatic N) is 4. The van der Waals surface area contributed by atoms with Crippen molar-refractivity contribution in [3.8, 4) is 5.88 Å². The van der Waals surface area contributed by atoms with Crippen LogP contribution in [0.5, 0.6) is 5.88 Å². The Bertz CT molecular complexity index is 408. The molecular weight excluding hydrogens is 256 g/mol. The first-order chi connectivity index (χ1) is 9.74. The van der Waals surface area contributed by atoms with Crippen molar-refractivity contribution in [2.45, 2.75) is 25.3 Å². The van der Waals surface area contributed by atoms with Crippen LogP contribution in [0.4, 0.5) is 5.95 Å². The molecule has 0 radical (unpaired) electrons. The quantitative estimate of drug-likeness (QED) is 0.830. The van der Waals surface area contributed by atoms with Crippen molar-refractivity contribution >= 4 is 5.95 Å². The maximum absolute atomic E-state index is 8.89. The smallest absolute Gasteiger partial charge is 0.228 e. The maximum atomic E-state index is 8.89. The number of rotatable bonds is 6. The highest BCUT2D eigenvalue weighted by atomic mass is 16.5. The van der Waals surface area contributed by atoms with E-state index in [0.717, 1.165) is 44.8 Å². The third-order valence-corrected chi connectivity index (χ3v) is 3.87. The molecular formula is C14H24N4O2. The average molecular weight is 280 g/mol. The molecule has 2 rings (SSSR count). The van der Waals surface area contributed by atoms with E-state index in [1.54, 1.807) is 19.4 Å². The van der Waals surface area contributed by atoms with Crippen LogP contribution in [0.15, 0.2) is 12.3 Å². The summed E-state index contributed by atoms with van der Waals surface area (Å²) in [6.45, 7) is 3.14. The van der Waals surface area contributed by atoms with Gasteiger partial charge in [-0.15, -0.1) is 0 Å². The van der Waals surface area contributed by atoms with Crippen LogP contribution in [-0.4, -0.2) is 66.4 Å². The predicted octanol–water partition coefficient (Wildman–Crippen LogP) is 0.768. The molecule has 0 amide bonds. The number of anilines is 1. The molecule has 6 heteroatoms. The SMILES string of the molecule is COc1ccnc(N2CCC(N(C)CCCO)CC2)n1. The molecule has 1 N–H and O–H groups in total. The Morgan fingerprint density at radius 3 is 2.85 bits per heavy atom. The summed E-state index contributed by atoms with van der Waals surface area (Å²) in [6.07, 6.45) is 4.78. The predicted molar refractivity (Wildman–Crippen MR) is 78.2 cm³/mol. The summed E-state index contributed by atoms with van der Waals surface area (Å²) in [5.41, 5.74) is 0. The fraction of sp³-hybridized carbons (Fsp3) is 0.714. The van der Waals surface area contributed by atoms with Crippen molar-refractivity contribution in [2.24, 2.45) is 0 Å². The van der Waals surface area contributed by atoms with Gasteiger partial charge in [0.25, 0.3) is 0 Å². The molecule has 20 heavy (non-hydrogen) atoms. The van der Waals surface area contributed by atoms with Crippen LogP contribution in [0, 0.1) is 0 Å². The highest BCUT2D eigenvalue weighted by Crippen LogP contribution is 2.20. The zero-order chi connectivity index (χ0) is 14.4. The molecule has 1 fully saturated rings. The second-order valence-corrected chi connectivity index (χ2v) is 5.17. The third-order valence-electron chi connectivity index (χ3n) is 3.87. The first-order valence-corrected chi connectivity index (χ1v) is 7.17. The number of aliphatic hydroxyl groups is 1. The molecule has 0 bridgehead atoms. The Morgan fingerprint density at radius 2 is 2.20 bits per heavy atom. The van der Waals surface area contributed by atoms with E-state index in [1.165, 1.54) is 0 Å². The largest absolute Gasteiger partial charge is 0.481 e. The number of hydrogen-bond acceptors (Lipinski definition) is 6. The van der Waals surface area contributed by atoms with Gasteiger partial charge in [0.15, 0.2) is 0 Å². The zero-order valence-electron chi connectivity index (χ0n) is 12.3. The molecule has 1 saturated heterocycles. The van der Waals surface area contributed by atoms with Crippen LogP contribution in [-0.2, 0) is 0 Å². The van der Waals surface area contributed by atoms with Gasteiger partial charge in [0.2, 0.25) is 11.8 Å². The minimum atomic E-state index is 0.265. The van der Waals surface area contributed by atoms with E-state index >= 15 is 0 Å². The van der Waals surface area contributed by atoms with Gasteiger partial charge in [-0.3, -0.25) is 0 Å². The Kier molecular flexibility index (Phi) is 5.55. The molecule has 0 unspecified atom stereocenters. The molecule has 1 aliphatic rings. The zero-order valence-corrected chi connectivity index (χ0v) is 12.3. The summed E-state index contributed by atoms with van der Waals surface area (Å²) in [5, 5.41) is 8.89. The van der Waals surface area contributed by atoms with Gasteiger partial charge in [0.05, 0.1) is 7.11 Å². The number of aliphatic hydroxyl groups excluding tert-OH is 1. The molecule has 1 aromatic heterocycles. The minimum Gasteiger partial charge on any atom is -0.481 e. The topological polar surface area (TPSA) is 61.7 Å². The first kappa shape index (κ1) is 15.0. The van der Waals surface area contributed by atoms with Crippen LogP contribution < -0.4 is 9.64 Å². The molecule has 6 nitrogen and oxygen atoms in total. The summed E-state index contributed by atoms with van der Waals surface area (Å²) in [7, 11) is 3.76. The lowest BCUT2D eigenvalue weighted by molar-refractivity contribution is 0.184. The van der Waals surface area contributed by atoms with Gasteiger partial charge >= 0.3 is 0 Å². The van der Waals surface area contributed by atoms with E-state index < -0.39 is 0 Å². The molecule has 0 spiro atoms. The van der Waals surface area contributed by atoms with E-state index in [1.807, 2.05) is 0 Å². The fourth-order valence-electron chi connectivity index (χ4n) is 2.61. The highest BCUT2D eigenvalue weighted by Gasteiger charge is 2.23. The van der Waals surface area contributed by atoms with Crippen molar-refractivity contribution in [3.63, 3.8) is 0 Å². The van der Waals surface area contributed by atoms with Crippen LogP contribution >= 0.6 is 0 Å². The fourth-order valence-corrected chi connectivity index (χ4v) is 2.61. The Labute approximate surface area is 120 Å². The lowest BCUT2D eigenvalue weighted by atomic mass is 10.0. The van der Waals surface area contributed by atoms with Gasteiger partial charge in [-0.25, -0.2) is 4.98 Å². The number of hydrogen-bond donors (Lipinski definition) is 1. The van der Waals surface area contributed by atoms with Gasteiger partial charge in [-0.05, 0) is 26.3 Å². The van der Waals surface area contributed by atoms with Crippen molar-refractivity contribution in [2.75, 3.05) is 45.3 Å². The van der Waals surface area contributed by atoms with E-state index in [0.29, 0.717) is 11.9 Å². The van der Waals surface area contributed by atoms with Gasteiger partial charge < -0.3 is 19.6 Å². The number of aromatic nitrogens is 2. The van der Waals surface area contributed by atoms with Gasteiger partial charge in [-0.2, -0.15) is 4.98 Å².